The summed E-state index contributed by atoms with van der Waals surface area (Å²) >= 11 is 6.19. The minimum Gasteiger partial charge on any atom is -0.463 e. The standard InChI is InChI=1S/C14H15ClF2N2O7/c1-5(20)24-4-8-10(25-6(2)21)9(15)13(26-8)19-3-7(11(16)17)12(22)18-14(19)23/h3,8-11,13H,4H2,1-2H3,(H,18,22,23)/t8-,9-,10-,13-/m1/s1. The van der Waals surface area contributed by atoms with Crippen molar-refractivity contribution >= 4 is 23.5 Å². The molecular weight excluding hydrogens is 382 g/mol. The van der Waals surface area contributed by atoms with Gasteiger partial charge in [0.2, 0.25) is 0 Å². The first-order valence-electron chi connectivity index (χ1n) is 7.35. The van der Waals surface area contributed by atoms with Crippen molar-refractivity contribution in [3.63, 3.8) is 0 Å². The Labute approximate surface area is 149 Å². The van der Waals surface area contributed by atoms with Gasteiger partial charge in [0.25, 0.3) is 12.0 Å². The SMILES string of the molecule is CC(=O)OC[C@H]1O[C@@H](n2cc(C(F)F)c(=O)[nH]c2=O)[C@H](Cl)[C@@H]1OC(C)=O. The van der Waals surface area contributed by atoms with Crippen molar-refractivity contribution in [2.75, 3.05) is 6.61 Å². The zero-order chi connectivity index (χ0) is 19.6. The number of carbonyl (C=O) groups is 2. The van der Waals surface area contributed by atoms with Gasteiger partial charge in [-0.2, -0.15) is 0 Å². The fraction of sp³-hybridized carbons (Fsp3) is 0.571. The van der Waals surface area contributed by atoms with E-state index in [1.807, 2.05) is 0 Å². The number of hydrogen-bond acceptors (Lipinski definition) is 7. The monoisotopic (exact) mass is 396 g/mol. The van der Waals surface area contributed by atoms with Crippen LogP contribution in [-0.4, -0.2) is 45.7 Å². The highest BCUT2D eigenvalue weighted by Crippen LogP contribution is 2.35. The van der Waals surface area contributed by atoms with E-state index in [2.05, 4.69) is 0 Å². The van der Waals surface area contributed by atoms with E-state index in [0.29, 0.717) is 10.8 Å². The van der Waals surface area contributed by atoms with Gasteiger partial charge in [0.05, 0.1) is 5.56 Å². The maximum atomic E-state index is 12.9. The molecule has 0 aromatic carbocycles. The fourth-order valence-corrected chi connectivity index (χ4v) is 2.82. The molecule has 1 saturated heterocycles. The number of alkyl halides is 3. The van der Waals surface area contributed by atoms with Crippen LogP contribution in [0.4, 0.5) is 8.78 Å². The highest BCUT2D eigenvalue weighted by molar-refractivity contribution is 6.21. The molecular formula is C14H15ClF2N2O7. The molecule has 4 atom stereocenters. The highest BCUT2D eigenvalue weighted by Gasteiger charge is 2.48. The van der Waals surface area contributed by atoms with Gasteiger partial charge < -0.3 is 14.2 Å². The van der Waals surface area contributed by atoms with Crippen LogP contribution < -0.4 is 11.2 Å². The number of hydrogen-bond donors (Lipinski definition) is 1. The van der Waals surface area contributed by atoms with E-state index >= 15 is 0 Å². The van der Waals surface area contributed by atoms with Crippen LogP contribution in [0.3, 0.4) is 0 Å². The van der Waals surface area contributed by atoms with E-state index in [4.69, 9.17) is 25.8 Å². The zero-order valence-corrected chi connectivity index (χ0v) is 14.4. The molecule has 144 valence electrons. The fourth-order valence-electron chi connectivity index (χ4n) is 2.43. The summed E-state index contributed by atoms with van der Waals surface area (Å²) in [6.07, 6.45) is -6.01. The molecule has 0 saturated carbocycles. The third kappa shape index (κ3) is 4.28. The summed E-state index contributed by atoms with van der Waals surface area (Å²) in [5, 5.41) is -1.17. The lowest BCUT2D eigenvalue weighted by Gasteiger charge is -2.19. The van der Waals surface area contributed by atoms with E-state index in [0.717, 1.165) is 13.8 Å². The number of esters is 2. The highest BCUT2D eigenvalue weighted by atomic mass is 35.5. The summed E-state index contributed by atoms with van der Waals surface area (Å²) in [5.74, 6) is -1.34. The van der Waals surface area contributed by atoms with Crippen LogP contribution in [0.25, 0.3) is 0 Å². The first kappa shape index (κ1) is 20.0. The summed E-state index contributed by atoms with van der Waals surface area (Å²) in [5.41, 5.74) is -3.23. The van der Waals surface area contributed by atoms with Gasteiger partial charge in [-0.1, -0.05) is 0 Å². The molecule has 1 aromatic rings. The molecule has 0 radical (unpaired) electrons. The van der Waals surface area contributed by atoms with Crippen LogP contribution in [0.5, 0.6) is 0 Å². The molecule has 1 aliphatic heterocycles. The second-order valence-corrected chi connectivity index (χ2v) is 5.94. The largest absolute Gasteiger partial charge is 0.463 e. The summed E-state index contributed by atoms with van der Waals surface area (Å²) in [7, 11) is 0. The van der Waals surface area contributed by atoms with Crippen LogP contribution in [0.15, 0.2) is 15.8 Å². The number of rotatable bonds is 5. The van der Waals surface area contributed by atoms with Gasteiger partial charge in [0.1, 0.15) is 18.1 Å². The molecule has 1 fully saturated rings. The van der Waals surface area contributed by atoms with Crippen molar-refractivity contribution < 1.29 is 32.6 Å². The lowest BCUT2D eigenvalue weighted by molar-refractivity contribution is -0.155. The van der Waals surface area contributed by atoms with E-state index in [1.165, 1.54) is 0 Å². The zero-order valence-electron chi connectivity index (χ0n) is 13.6. The predicted octanol–water partition coefficient (Wildman–Crippen LogP) is 0.474. The lowest BCUT2D eigenvalue weighted by atomic mass is 10.1. The minimum absolute atomic E-state index is 0.340. The molecule has 2 rings (SSSR count). The molecule has 1 aromatic heterocycles. The molecule has 1 aliphatic rings. The average molecular weight is 397 g/mol. The topological polar surface area (TPSA) is 117 Å². The average Bonchev–Trinajstić information content (AvgIpc) is 2.81. The Bertz CT molecular complexity index is 809. The Balaban J connectivity index is 2.39. The Hall–Kier alpha value is -2.27. The summed E-state index contributed by atoms with van der Waals surface area (Å²) < 4.78 is 41.8. The number of H-pyrrole nitrogens is 1. The van der Waals surface area contributed by atoms with Crippen molar-refractivity contribution in [1.82, 2.24) is 9.55 Å². The minimum atomic E-state index is -3.14. The quantitative estimate of drug-likeness (QED) is 0.568. The number of nitrogens with zero attached hydrogens (tertiary/aromatic N) is 1. The van der Waals surface area contributed by atoms with Crippen molar-refractivity contribution in [2.45, 2.75) is 44.1 Å². The van der Waals surface area contributed by atoms with Gasteiger partial charge in [0.15, 0.2) is 12.3 Å². The van der Waals surface area contributed by atoms with E-state index in [-0.39, 0.29) is 6.61 Å². The van der Waals surface area contributed by atoms with Crippen molar-refractivity contribution in [1.29, 1.82) is 0 Å². The molecule has 26 heavy (non-hydrogen) atoms. The Morgan fingerprint density at radius 1 is 1.35 bits per heavy atom. The van der Waals surface area contributed by atoms with Crippen molar-refractivity contribution in [2.24, 2.45) is 0 Å². The van der Waals surface area contributed by atoms with Gasteiger partial charge in [0, 0.05) is 20.0 Å². The van der Waals surface area contributed by atoms with Crippen LogP contribution in [0.2, 0.25) is 0 Å². The molecule has 0 spiro atoms. The molecule has 1 N–H and O–H groups in total. The predicted molar refractivity (Wildman–Crippen MR) is 82.0 cm³/mol. The van der Waals surface area contributed by atoms with Gasteiger partial charge in [-0.3, -0.25) is 23.9 Å². The van der Waals surface area contributed by atoms with Gasteiger partial charge in [-0.05, 0) is 0 Å². The number of aromatic amines is 1. The third-order valence-corrected chi connectivity index (χ3v) is 3.99. The second-order valence-electron chi connectivity index (χ2n) is 5.44. The van der Waals surface area contributed by atoms with Crippen LogP contribution >= 0.6 is 11.6 Å². The molecule has 0 bridgehead atoms. The lowest BCUT2D eigenvalue weighted by Crippen LogP contribution is -2.38. The summed E-state index contributed by atoms with van der Waals surface area (Å²) in [4.78, 5) is 47.4. The Morgan fingerprint density at radius 2 is 2.00 bits per heavy atom. The van der Waals surface area contributed by atoms with E-state index < -0.39 is 59.0 Å². The number of nitrogens with one attached hydrogen (secondary N) is 1. The van der Waals surface area contributed by atoms with Gasteiger partial charge in [-0.15, -0.1) is 11.6 Å². The normalized spacial score (nSPS) is 25.3. The molecule has 2 heterocycles. The number of ether oxygens (including phenoxy) is 3. The Kier molecular flexibility index (Phi) is 6.13. The van der Waals surface area contributed by atoms with E-state index in [1.54, 1.807) is 4.98 Å². The molecule has 12 heteroatoms. The molecule has 9 nitrogen and oxygen atoms in total. The van der Waals surface area contributed by atoms with Crippen LogP contribution in [0.1, 0.15) is 32.1 Å². The molecule has 0 aliphatic carbocycles. The van der Waals surface area contributed by atoms with Crippen molar-refractivity contribution in [3.05, 3.63) is 32.6 Å². The number of aromatic nitrogens is 2. The Morgan fingerprint density at radius 3 is 2.54 bits per heavy atom. The van der Waals surface area contributed by atoms with Crippen molar-refractivity contribution in [3.8, 4) is 0 Å². The van der Waals surface area contributed by atoms with Crippen LogP contribution in [0, 0.1) is 0 Å². The summed E-state index contributed by atoms with van der Waals surface area (Å²) in [6, 6.07) is 0. The third-order valence-electron chi connectivity index (χ3n) is 3.52. The maximum absolute atomic E-state index is 12.9. The smallest absolute Gasteiger partial charge is 0.330 e. The second kappa shape index (κ2) is 7.96. The first-order chi connectivity index (χ1) is 12.1. The summed E-state index contributed by atoms with van der Waals surface area (Å²) in [6.45, 7) is 1.92. The maximum Gasteiger partial charge on any atom is 0.330 e. The van der Waals surface area contributed by atoms with Gasteiger partial charge in [-0.25, -0.2) is 13.6 Å². The van der Waals surface area contributed by atoms with Gasteiger partial charge >= 0.3 is 17.6 Å². The molecule has 0 amide bonds. The number of carbonyl (C=O) groups excluding carboxylic acids is 2. The van der Waals surface area contributed by atoms with E-state index in [9.17, 15) is 28.0 Å². The first-order valence-corrected chi connectivity index (χ1v) is 7.79. The molecule has 0 unspecified atom stereocenters. The number of halogens is 3. The van der Waals surface area contributed by atoms with Crippen LogP contribution in [-0.2, 0) is 23.8 Å².